The van der Waals surface area contributed by atoms with Gasteiger partial charge in [-0.1, -0.05) is 67.7 Å². The maximum atomic E-state index is 12.0. The lowest BCUT2D eigenvalue weighted by molar-refractivity contribution is -0.136. The minimum Gasteiger partial charge on any atom is -0.343 e. The van der Waals surface area contributed by atoms with Gasteiger partial charge in [-0.05, 0) is 26.2 Å². The predicted molar refractivity (Wildman–Crippen MR) is 93.2 cm³/mol. The molecule has 0 saturated heterocycles. The smallest absolute Gasteiger partial charge is 0.225 e. The second kappa shape index (κ2) is 20.8. The molecule has 2 nitrogen and oxygen atoms in total. The summed E-state index contributed by atoms with van der Waals surface area (Å²) in [4.78, 5) is 14.1. The van der Waals surface area contributed by atoms with Crippen molar-refractivity contribution in [2.45, 2.75) is 93.9 Å². The third kappa shape index (κ3) is 11.3. The molecule has 1 aliphatic carbocycles. The average molecular weight is 288 g/mol. The van der Waals surface area contributed by atoms with Gasteiger partial charge in [0, 0.05) is 19.0 Å². The summed E-state index contributed by atoms with van der Waals surface area (Å²) in [6.45, 7) is 18.0. The van der Waals surface area contributed by atoms with Gasteiger partial charge in [-0.25, -0.2) is 0 Å². The third-order valence-electron chi connectivity index (χ3n) is 3.14. The van der Waals surface area contributed by atoms with Crippen LogP contribution in [0.4, 0.5) is 0 Å². The molecule has 2 heteroatoms. The van der Waals surface area contributed by atoms with Crippen LogP contribution in [0.1, 0.15) is 93.9 Å². The number of hydrogen-bond acceptors (Lipinski definition) is 1. The van der Waals surface area contributed by atoms with Gasteiger partial charge >= 0.3 is 0 Å². The molecule has 0 spiro atoms. The van der Waals surface area contributed by atoms with Gasteiger partial charge in [-0.3, -0.25) is 4.79 Å². The molecule has 0 N–H and O–H groups in total. The molecule has 0 bridgehead atoms. The molecule has 0 aromatic rings. The molecular formula is C18H41NO. The highest BCUT2D eigenvalue weighted by Crippen LogP contribution is 2.25. The van der Waals surface area contributed by atoms with Gasteiger partial charge in [0.1, 0.15) is 0 Å². The van der Waals surface area contributed by atoms with Gasteiger partial charge in [-0.15, -0.1) is 0 Å². The Morgan fingerprint density at radius 2 is 1.35 bits per heavy atom. The number of nitrogens with zero attached hydrogens (tertiary/aromatic N) is 1. The number of rotatable bonds is 4. The zero-order valence-electron chi connectivity index (χ0n) is 15.6. The Bertz CT molecular complexity index is 168. The molecule has 1 rings (SSSR count). The van der Waals surface area contributed by atoms with Crippen molar-refractivity contribution < 1.29 is 4.79 Å². The molecule has 1 aliphatic rings. The minimum atomic E-state index is 0.343. The lowest BCUT2D eigenvalue weighted by Gasteiger charge is -2.28. The SMILES string of the molecule is CC.CC.CC.CCCN(CC)C(=O)C1CCCCC1. The molecule has 0 aromatic carbocycles. The highest BCUT2D eigenvalue weighted by atomic mass is 16.2. The van der Waals surface area contributed by atoms with Gasteiger partial charge in [-0.2, -0.15) is 0 Å². The van der Waals surface area contributed by atoms with Crippen LogP contribution in [0.25, 0.3) is 0 Å². The van der Waals surface area contributed by atoms with Crippen LogP contribution in [0.15, 0.2) is 0 Å². The van der Waals surface area contributed by atoms with Crippen LogP contribution in [0.5, 0.6) is 0 Å². The molecule has 0 heterocycles. The van der Waals surface area contributed by atoms with Crippen molar-refractivity contribution in [2.24, 2.45) is 5.92 Å². The highest BCUT2D eigenvalue weighted by molar-refractivity contribution is 5.78. The van der Waals surface area contributed by atoms with E-state index in [4.69, 9.17) is 0 Å². The summed E-state index contributed by atoms with van der Waals surface area (Å²) >= 11 is 0. The molecule has 0 atom stereocenters. The maximum absolute atomic E-state index is 12.0. The Kier molecular flexibility index (Phi) is 25.4. The van der Waals surface area contributed by atoms with Gasteiger partial charge in [0.05, 0.1) is 0 Å². The second-order valence-electron chi connectivity index (χ2n) is 4.25. The maximum Gasteiger partial charge on any atom is 0.225 e. The summed E-state index contributed by atoms with van der Waals surface area (Å²) in [6.07, 6.45) is 7.15. The molecule has 0 radical (unpaired) electrons. The van der Waals surface area contributed by atoms with Crippen molar-refractivity contribution in [3.8, 4) is 0 Å². The fourth-order valence-corrected chi connectivity index (χ4v) is 2.30. The van der Waals surface area contributed by atoms with Crippen LogP contribution >= 0.6 is 0 Å². The van der Waals surface area contributed by atoms with E-state index in [1.807, 2.05) is 46.4 Å². The summed E-state index contributed by atoms with van der Waals surface area (Å²) in [6, 6.07) is 0. The Hall–Kier alpha value is -0.530. The fourth-order valence-electron chi connectivity index (χ4n) is 2.30. The number of amides is 1. The zero-order valence-corrected chi connectivity index (χ0v) is 15.6. The molecule has 0 aromatic heterocycles. The second-order valence-corrected chi connectivity index (χ2v) is 4.25. The predicted octanol–water partition coefficient (Wildman–Crippen LogP) is 5.90. The lowest BCUT2D eigenvalue weighted by Crippen LogP contribution is -2.37. The van der Waals surface area contributed by atoms with E-state index in [1.54, 1.807) is 0 Å². The van der Waals surface area contributed by atoms with Crippen LogP contribution in [-0.2, 0) is 4.79 Å². The first-order chi connectivity index (χ1) is 9.79. The lowest BCUT2D eigenvalue weighted by atomic mass is 9.88. The van der Waals surface area contributed by atoms with Crippen LogP contribution in [0.3, 0.4) is 0 Å². The van der Waals surface area contributed by atoms with Crippen molar-refractivity contribution >= 4 is 5.91 Å². The molecule has 1 fully saturated rings. The average Bonchev–Trinajstić information content (AvgIpc) is 2.58. The van der Waals surface area contributed by atoms with Crippen molar-refractivity contribution in [1.29, 1.82) is 0 Å². The third-order valence-corrected chi connectivity index (χ3v) is 3.14. The summed E-state index contributed by atoms with van der Waals surface area (Å²) in [7, 11) is 0. The van der Waals surface area contributed by atoms with Crippen molar-refractivity contribution in [2.75, 3.05) is 13.1 Å². The Labute approximate surface area is 129 Å². The van der Waals surface area contributed by atoms with Gasteiger partial charge in [0.25, 0.3) is 0 Å². The van der Waals surface area contributed by atoms with Crippen LogP contribution in [0, 0.1) is 5.92 Å². The Morgan fingerprint density at radius 3 is 1.70 bits per heavy atom. The van der Waals surface area contributed by atoms with E-state index < -0.39 is 0 Å². The summed E-state index contributed by atoms with van der Waals surface area (Å²) in [5.41, 5.74) is 0. The van der Waals surface area contributed by atoms with E-state index in [2.05, 4.69) is 13.8 Å². The van der Waals surface area contributed by atoms with Crippen LogP contribution in [-0.4, -0.2) is 23.9 Å². The van der Waals surface area contributed by atoms with E-state index in [1.165, 1.54) is 19.3 Å². The first-order valence-corrected chi connectivity index (χ1v) is 9.08. The van der Waals surface area contributed by atoms with Gasteiger partial charge < -0.3 is 4.90 Å². The Morgan fingerprint density at radius 1 is 0.900 bits per heavy atom. The van der Waals surface area contributed by atoms with Crippen molar-refractivity contribution in [3.05, 3.63) is 0 Å². The minimum absolute atomic E-state index is 0.343. The zero-order chi connectivity index (χ0) is 16.4. The summed E-state index contributed by atoms with van der Waals surface area (Å²) in [5.74, 6) is 0.754. The molecule has 1 saturated carbocycles. The van der Waals surface area contributed by atoms with E-state index in [0.29, 0.717) is 11.8 Å². The van der Waals surface area contributed by atoms with Crippen LogP contribution in [0.2, 0.25) is 0 Å². The van der Waals surface area contributed by atoms with Gasteiger partial charge in [0.15, 0.2) is 0 Å². The normalized spacial score (nSPS) is 13.6. The topological polar surface area (TPSA) is 20.3 Å². The number of carbonyl (C=O) groups excluding carboxylic acids is 1. The molecular weight excluding hydrogens is 246 g/mol. The standard InChI is InChI=1S/C12H23NO.3C2H6/c1-3-10-13(4-2)12(14)11-8-6-5-7-9-11;3*1-2/h11H,3-10H2,1-2H3;3*1-2H3. The van der Waals surface area contributed by atoms with E-state index in [0.717, 1.165) is 32.4 Å². The van der Waals surface area contributed by atoms with Crippen molar-refractivity contribution in [1.82, 2.24) is 4.90 Å². The number of hydrogen-bond donors (Lipinski definition) is 0. The first-order valence-electron chi connectivity index (χ1n) is 9.08. The monoisotopic (exact) mass is 287 g/mol. The summed E-state index contributed by atoms with van der Waals surface area (Å²) < 4.78 is 0. The van der Waals surface area contributed by atoms with E-state index >= 15 is 0 Å². The molecule has 0 aliphatic heterocycles. The van der Waals surface area contributed by atoms with E-state index in [9.17, 15) is 4.79 Å². The molecule has 1 amide bonds. The molecule has 0 unspecified atom stereocenters. The van der Waals surface area contributed by atoms with Crippen LogP contribution < -0.4 is 0 Å². The first kappa shape index (κ1) is 24.5. The molecule has 20 heavy (non-hydrogen) atoms. The quantitative estimate of drug-likeness (QED) is 0.630. The highest BCUT2D eigenvalue weighted by Gasteiger charge is 2.24. The van der Waals surface area contributed by atoms with Gasteiger partial charge in [0.2, 0.25) is 5.91 Å². The van der Waals surface area contributed by atoms with E-state index in [-0.39, 0.29) is 0 Å². The number of carbonyl (C=O) groups is 1. The fraction of sp³-hybridized carbons (Fsp3) is 0.944. The molecule has 124 valence electrons. The summed E-state index contributed by atoms with van der Waals surface area (Å²) in [5, 5.41) is 0. The van der Waals surface area contributed by atoms with Crippen molar-refractivity contribution in [3.63, 3.8) is 0 Å². The Balaban J connectivity index is -0.000000425. The largest absolute Gasteiger partial charge is 0.343 e.